The summed E-state index contributed by atoms with van der Waals surface area (Å²) in [5, 5.41) is 11.7. The number of carbonyl (C=O) groups excluding carboxylic acids is 5. The van der Waals surface area contributed by atoms with Crippen molar-refractivity contribution in [2.24, 2.45) is 34.5 Å². The van der Waals surface area contributed by atoms with E-state index in [1.807, 2.05) is 13.0 Å². The third kappa shape index (κ3) is 5.65. The highest BCUT2D eigenvalue weighted by molar-refractivity contribution is 5.94. The van der Waals surface area contributed by atoms with Crippen molar-refractivity contribution in [3.05, 3.63) is 11.6 Å². The van der Waals surface area contributed by atoms with Gasteiger partial charge in [0.2, 0.25) is 11.7 Å². The molecule has 10 nitrogen and oxygen atoms in total. The van der Waals surface area contributed by atoms with Gasteiger partial charge >= 0.3 is 17.9 Å². The van der Waals surface area contributed by atoms with Crippen LogP contribution in [0.25, 0.3) is 0 Å². The van der Waals surface area contributed by atoms with Crippen molar-refractivity contribution in [3.8, 4) is 0 Å². The Hall–Kier alpha value is -3.04. The molecule has 3 fully saturated rings. The normalized spacial score (nSPS) is 34.3. The number of aliphatic carboxylic acids is 1. The summed E-state index contributed by atoms with van der Waals surface area (Å²) in [6.45, 7) is 8.38. The first kappa shape index (κ1) is 31.9. The number of hydrogen-bond donors (Lipinski definition) is 2. The molecule has 0 saturated heterocycles. The lowest BCUT2D eigenvalue weighted by Gasteiger charge is -2.59. The first-order valence-electron chi connectivity index (χ1n) is 15.3. The molecular formula is C32H45NO9. The summed E-state index contributed by atoms with van der Waals surface area (Å²) in [7, 11) is 0. The van der Waals surface area contributed by atoms with Crippen LogP contribution in [0.4, 0.5) is 0 Å². The third-order valence-corrected chi connectivity index (χ3v) is 11.0. The van der Waals surface area contributed by atoms with Crippen LogP contribution in [0.5, 0.6) is 0 Å². The van der Waals surface area contributed by atoms with Crippen molar-refractivity contribution in [1.82, 2.24) is 5.32 Å². The van der Waals surface area contributed by atoms with Gasteiger partial charge in [0.05, 0.1) is 6.42 Å². The fourth-order valence-corrected chi connectivity index (χ4v) is 8.80. The lowest BCUT2D eigenvalue weighted by molar-refractivity contribution is -0.191. The van der Waals surface area contributed by atoms with Crippen molar-refractivity contribution in [2.45, 2.75) is 110 Å². The Balaban J connectivity index is 1.43. The zero-order valence-electron chi connectivity index (χ0n) is 25.5. The van der Waals surface area contributed by atoms with Gasteiger partial charge in [0.1, 0.15) is 6.04 Å². The Morgan fingerprint density at radius 1 is 1.00 bits per heavy atom. The molecule has 0 aromatic carbocycles. The van der Waals surface area contributed by atoms with Gasteiger partial charge < -0.3 is 19.9 Å². The number of hydrogen-bond acceptors (Lipinski definition) is 8. The molecule has 1 unspecified atom stereocenters. The number of allylic oxidation sites excluding steroid dienone is 1. The topological polar surface area (TPSA) is 153 Å². The summed E-state index contributed by atoms with van der Waals surface area (Å²) in [4.78, 5) is 74.4. The van der Waals surface area contributed by atoms with Gasteiger partial charge in [-0.3, -0.25) is 24.0 Å². The molecule has 0 radical (unpaired) electrons. The van der Waals surface area contributed by atoms with E-state index >= 15 is 0 Å². The van der Waals surface area contributed by atoms with E-state index in [0.29, 0.717) is 31.1 Å². The molecule has 232 valence electrons. The van der Waals surface area contributed by atoms with Crippen LogP contribution >= 0.6 is 0 Å². The van der Waals surface area contributed by atoms with E-state index in [1.54, 1.807) is 13.8 Å². The number of rotatable bonds is 10. The van der Waals surface area contributed by atoms with Gasteiger partial charge in [-0.2, -0.15) is 0 Å². The quantitative estimate of drug-likeness (QED) is 0.362. The first-order valence-corrected chi connectivity index (χ1v) is 15.3. The second-order valence-corrected chi connectivity index (χ2v) is 13.6. The number of Topliss-reactive ketones (excluding diaryl/α,β-unsaturated/α-hetero) is 1. The molecule has 10 heteroatoms. The highest BCUT2D eigenvalue weighted by Gasteiger charge is 2.68. The molecule has 0 aliphatic heterocycles. The maximum atomic E-state index is 13.8. The van der Waals surface area contributed by atoms with E-state index in [0.717, 1.165) is 32.1 Å². The van der Waals surface area contributed by atoms with Crippen molar-refractivity contribution in [2.75, 3.05) is 6.61 Å². The van der Waals surface area contributed by atoms with E-state index in [1.165, 1.54) is 12.5 Å². The molecule has 4 rings (SSSR count). The number of ether oxygens (including phenoxy) is 2. The maximum absolute atomic E-state index is 13.8. The van der Waals surface area contributed by atoms with Crippen LogP contribution in [0.2, 0.25) is 0 Å². The fourth-order valence-electron chi connectivity index (χ4n) is 8.80. The average Bonchev–Trinajstić information content (AvgIpc) is 3.21. The van der Waals surface area contributed by atoms with Crippen LogP contribution in [0.15, 0.2) is 11.6 Å². The van der Waals surface area contributed by atoms with Crippen molar-refractivity contribution in [1.29, 1.82) is 0 Å². The average molecular weight is 588 g/mol. The van der Waals surface area contributed by atoms with Gasteiger partial charge in [-0.25, -0.2) is 4.79 Å². The summed E-state index contributed by atoms with van der Waals surface area (Å²) < 4.78 is 11.2. The molecule has 1 amide bonds. The maximum Gasteiger partial charge on any atom is 0.326 e. The van der Waals surface area contributed by atoms with Crippen LogP contribution < -0.4 is 5.32 Å². The molecule has 0 spiro atoms. The number of esters is 2. The second kappa shape index (κ2) is 11.9. The predicted molar refractivity (Wildman–Crippen MR) is 151 cm³/mol. The molecule has 0 bridgehead atoms. The van der Waals surface area contributed by atoms with E-state index < -0.39 is 53.3 Å². The van der Waals surface area contributed by atoms with Gasteiger partial charge in [0, 0.05) is 25.2 Å². The summed E-state index contributed by atoms with van der Waals surface area (Å²) in [5.74, 6) is -2.76. The molecule has 2 N–H and O–H groups in total. The van der Waals surface area contributed by atoms with Gasteiger partial charge in [0.25, 0.3) is 0 Å². The van der Waals surface area contributed by atoms with Crippen LogP contribution in [0, 0.1) is 34.5 Å². The van der Waals surface area contributed by atoms with E-state index in [4.69, 9.17) is 9.47 Å². The van der Waals surface area contributed by atoms with Crippen molar-refractivity contribution in [3.63, 3.8) is 0 Å². The Labute approximate surface area is 247 Å². The van der Waals surface area contributed by atoms with E-state index in [2.05, 4.69) is 12.2 Å². The molecule has 4 aliphatic rings. The van der Waals surface area contributed by atoms with Crippen LogP contribution in [0.3, 0.4) is 0 Å². The lowest BCUT2D eigenvalue weighted by Crippen LogP contribution is -2.59. The Bertz CT molecular complexity index is 1190. The summed E-state index contributed by atoms with van der Waals surface area (Å²) in [6.07, 6.45) is 7.10. The summed E-state index contributed by atoms with van der Waals surface area (Å²) in [6, 6.07) is -1.07. The first-order chi connectivity index (χ1) is 19.6. The Kier molecular flexibility index (Phi) is 9.05. The largest absolute Gasteiger partial charge is 0.480 e. The number of carboxylic acids is 1. The number of amides is 1. The zero-order chi connectivity index (χ0) is 31.0. The standard InChI is InChI=1S/C32H45NO9/c1-18(2)28(29(39)40)33-26(37)8-9-27(38)41-17-25(36)32(42-19(3)34)15-12-24-22-7-6-20-16-21(35)10-13-30(20,4)23(22)11-14-31(24,32)5/h16,18,22-24,28H,6-15,17H2,1-5H3,(H,33,37)(H,39,40)/t22-,23+,24+,28?,30+,31+,32+/m1/s1. The molecule has 7 atom stereocenters. The Morgan fingerprint density at radius 2 is 1.69 bits per heavy atom. The highest BCUT2D eigenvalue weighted by Crippen LogP contribution is 2.68. The molecule has 42 heavy (non-hydrogen) atoms. The van der Waals surface area contributed by atoms with Crippen LogP contribution in [0.1, 0.15) is 98.8 Å². The monoisotopic (exact) mass is 587 g/mol. The lowest BCUT2D eigenvalue weighted by atomic mass is 9.46. The predicted octanol–water partition coefficient (Wildman–Crippen LogP) is 3.94. The minimum atomic E-state index is -1.41. The molecular weight excluding hydrogens is 542 g/mol. The smallest absolute Gasteiger partial charge is 0.326 e. The van der Waals surface area contributed by atoms with Gasteiger partial charge in [-0.1, -0.05) is 33.3 Å². The van der Waals surface area contributed by atoms with E-state index in [9.17, 15) is 33.9 Å². The second-order valence-electron chi connectivity index (χ2n) is 13.6. The molecule has 0 aromatic heterocycles. The SMILES string of the molecule is CC(=O)O[C@]1(C(=O)COC(=O)CCC(=O)NC(C(=O)O)C(C)C)CC[C@H]2[C@@H]3CCC4=CC(=O)CC[C@]4(C)[C@H]3CC[C@@]21C. The fraction of sp³-hybridized carbons (Fsp3) is 0.750. The third-order valence-electron chi connectivity index (χ3n) is 11.0. The Morgan fingerprint density at radius 3 is 2.33 bits per heavy atom. The van der Waals surface area contributed by atoms with Gasteiger partial charge in [-0.05, 0) is 80.1 Å². The van der Waals surface area contributed by atoms with Gasteiger partial charge in [0.15, 0.2) is 18.0 Å². The highest BCUT2D eigenvalue weighted by atomic mass is 16.6. The summed E-state index contributed by atoms with van der Waals surface area (Å²) in [5.41, 5.74) is -0.797. The van der Waals surface area contributed by atoms with Gasteiger partial charge in [-0.15, -0.1) is 0 Å². The summed E-state index contributed by atoms with van der Waals surface area (Å²) >= 11 is 0. The number of nitrogens with one attached hydrogen (secondary N) is 1. The molecule has 0 heterocycles. The minimum absolute atomic E-state index is 0.0314. The molecule has 3 saturated carbocycles. The zero-order valence-corrected chi connectivity index (χ0v) is 25.5. The number of fused-ring (bicyclic) bond motifs is 5. The van der Waals surface area contributed by atoms with Crippen LogP contribution in [-0.2, 0) is 38.2 Å². The van der Waals surface area contributed by atoms with Crippen molar-refractivity contribution >= 4 is 35.4 Å². The number of carbonyl (C=O) groups is 6. The molecule has 0 aromatic rings. The number of ketones is 2. The van der Waals surface area contributed by atoms with Crippen LogP contribution in [-0.4, -0.2) is 58.7 Å². The number of carboxylic acid groups (broad SMARTS) is 1. The van der Waals surface area contributed by atoms with E-state index in [-0.39, 0.29) is 35.9 Å². The van der Waals surface area contributed by atoms with Crippen molar-refractivity contribution < 1.29 is 43.3 Å². The molecule has 4 aliphatic carbocycles. The minimum Gasteiger partial charge on any atom is -0.480 e.